The third-order valence-electron chi connectivity index (χ3n) is 3.26. The van der Waals surface area contributed by atoms with Gasteiger partial charge in [-0.25, -0.2) is 4.39 Å². The van der Waals surface area contributed by atoms with E-state index in [1.807, 2.05) is 13.8 Å². The highest BCUT2D eigenvalue weighted by Gasteiger charge is 2.17. The molecule has 0 radical (unpaired) electrons. The molecular formula is C14H21BrFN3O. The Balaban J connectivity index is 2.90. The van der Waals surface area contributed by atoms with Gasteiger partial charge in [-0.1, -0.05) is 6.07 Å². The van der Waals surface area contributed by atoms with E-state index in [-0.39, 0.29) is 24.8 Å². The Morgan fingerprint density at radius 3 is 2.45 bits per heavy atom. The lowest BCUT2D eigenvalue weighted by molar-refractivity contribution is -0.129. The highest BCUT2D eigenvalue weighted by molar-refractivity contribution is 9.10. The molecule has 0 saturated carbocycles. The number of carbonyl (C=O) groups excluding carboxylic acids is 1. The van der Waals surface area contributed by atoms with Crippen molar-refractivity contribution in [3.8, 4) is 0 Å². The van der Waals surface area contributed by atoms with Gasteiger partial charge in [0.2, 0.25) is 5.91 Å². The second kappa shape index (κ2) is 7.59. The molecule has 0 aliphatic rings. The van der Waals surface area contributed by atoms with E-state index < -0.39 is 0 Å². The van der Waals surface area contributed by atoms with Gasteiger partial charge in [0.1, 0.15) is 0 Å². The number of hydrogen-bond acceptors (Lipinski definition) is 3. The van der Waals surface area contributed by atoms with Crippen LogP contribution in [-0.4, -0.2) is 37.5 Å². The Morgan fingerprint density at radius 1 is 1.35 bits per heavy atom. The molecule has 0 aliphatic carbocycles. The zero-order chi connectivity index (χ0) is 15.3. The normalized spacial score (nSPS) is 10.5. The number of anilines is 1. The van der Waals surface area contributed by atoms with Crippen LogP contribution in [0.1, 0.15) is 19.4 Å². The monoisotopic (exact) mass is 345 g/mol. The predicted molar refractivity (Wildman–Crippen MR) is 83.2 cm³/mol. The Labute approximate surface area is 127 Å². The van der Waals surface area contributed by atoms with Crippen molar-refractivity contribution in [1.82, 2.24) is 4.90 Å². The van der Waals surface area contributed by atoms with Gasteiger partial charge in [-0.15, -0.1) is 0 Å². The van der Waals surface area contributed by atoms with Crippen LogP contribution in [0.2, 0.25) is 0 Å². The average Bonchev–Trinajstić information content (AvgIpc) is 2.42. The van der Waals surface area contributed by atoms with E-state index in [4.69, 9.17) is 5.73 Å². The van der Waals surface area contributed by atoms with Crippen LogP contribution in [0.25, 0.3) is 0 Å². The summed E-state index contributed by atoms with van der Waals surface area (Å²) < 4.78 is 14.6. The van der Waals surface area contributed by atoms with E-state index in [1.165, 1.54) is 0 Å². The predicted octanol–water partition coefficient (Wildman–Crippen LogP) is 2.35. The first-order chi connectivity index (χ1) is 9.46. The highest BCUT2D eigenvalue weighted by Crippen LogP contribution is 2.28. The van der Waals surface area contributed by atoms with Gasteiger partial charge >= 0.3 is 0 Å². The van der Waals surface area contributed by atoms with Crippen LogP contribution in [0.3, 0.4) is 0 Å². The van der Waals surface area contributed by atoms with E-state index in [0.29, 0.717) is 28.8 Å². The summed E-state index contributed by atoms with van der Waals surface area (Å²) in [7, 11) is 1.70. The molecule has 0 saturated heterocycles. The number of carbonyl (C=O) groups is 1. The molecule has 0 fully saturated rings. The van der Waals surface area contributed by atoms with Crippen molar-refractivity contribution < 1.29 is 9.18 Å². The zero-order valence-electron chi connectivity index (χ0n) is 12.1. The van der Waals surface area contributed by atoms with Crippen LogP contribution < -0.4 is 10.6 Å². The maximum atomic E-state index is 14.2. The van der Waals surface area contributed by atoms with Gasteiger partial charge in [-0.2, -0.15) is 0 Å². The number of rotatable bonds is 6. The molecule has 0 heterocycles. The van der Waals surface area contributed by atoms with Gasteiger partial charge < -0.3 is 15.5 Å². The van der Waals surface area contributed by atoms with Gasteiger partial charge in [-0.05, 0) is 41.4 Å². The minimum absolute atomic E-state index is 0.0177. The van der Waals surface area contributed by atoms with Crippen molar-refractivity contribution >= 4 is 27.5 Å². The standard InChI is InChI=1S/C14H21BrFN3O/c1-4-19(5-2)12(20)9-18(3)11-7-6-10(8-17)13(15)14(11)16/h6-7H,4-5,8-9,17H2,1-3H3. The van der Waals surface area contributed by atoms with Crippen molar-refractivity contribution in [2.45, 2.75) is 20.4 Å². The summed E-state index contributed by atoms with van der Waals surface area (Å²) in [6, 6.07) is 3.42. The molecule has 0 spiro atoms. The van der Waals surface area contributed by atoms with Crippen LogP contribution >= 0.6 is 15.9 Å². The summed E-state index contributed by atoms with van der Waals surface area (Å²) in [5, 5.41) is 0. The number of halogens is 2. The second-order valence-electron chi connectivity index (χ2n) is 4.50. The summed E-state index contributed by atoms with van der Waals surface area (Å²) >= 11 is 3.20. The molecular weight excluding hydrogens is 325 g/mol. The lowest BCUT2D eigenvalue weighted by atomic mass is 10.2. The molecule has 1 amide bonds. The van der Waals surface area contributed by atoms with Crippen molar-refractivity contribution in [1.29, 1.82) is 0 Å². The Morgan fingerprint density at radius 2 is 1.95 bits per heavy atom. The Hall–Kier alpha value is -1.14. The van der Waals surface area contributed by atoms with E-state index in [2.05, 4.69) is 15.9 Å². The molecule has 0 bridgehead atoms. The van der Waals surface area contributed by atoms with Gasteiger partial charge in [0.25, 0.3) is 0 Å². The molecule has 0 atom stereocenters. The Kier molecular flexibility index (Phi) is 6.42. The number of hydrogen-bond donors (Lipinski definition) is 1. The molecule has 112 valence electrons. The first-order valence-corrected chi connectivity index (χ1v) is 7.41. The number of amides is 1. The lowest BCUT2D eigenvalue weighted by Crippen LogP contribution is -2.39. The number of nitrogens with two attached hydrogens (primary N) is 1. The summed E-state index contributed by atoms with van der Waals surface area (Å²) in [6.45, 7) is 5.57. The van der Waals surface area contributed by atoms with Crippen LogP contribution in [0.4, 0.5) is 10.1 Å². The van der Waals surface area contributed by atoms with E-state index in [1.54, 1.807) is 29.0 Å². The van der Waals surface area contributed by atoms with Crippen molar-refractivity contribution in [2.24, 2.45) is 5.73 Å². The fourth-order valence-electron chi connectivity index (χ4n) is 2.00. The van der Waals surface area contributed by atoms with E-state index in [9.17, 15) is 9.18 Å². The molecule has 0 aromatic heterocycles. The van der Waals surface area contributed by atoms with Gasteiger partial charge in [-0.3, -0.25) is 4.79 Å². The van der Waals surface area contributed by atoms with Crippen LogP contribution in [0.15, 0.2) is 16.6 Å². The molecule has 2 N–H and O–H groups in total. The van der Waals surface area contributed by atoms with Gasteiger partial charge in [0.15, 0.2) is 5.82 Å². The third kappa shape index (κ3) is 3.70. The quantitative estimate of drug-likeness (QED) is 0.860. The average molecular weight is 346 g/mol. The largest absolute Gasteiger partial charge is 0.363 e. The van der Waals surface area contributed by atoms with Gasteiger partial charge in [0.05, 0.1) is 16.7 Å². The first-order valence-electron chi connectivity index (χ1n) is 6.62. The summed E-state index contributed by atoms with van der Waals surface area (Å²) in [5.74, 6) is -0.404. The van der Waals surface area contributed by atoms with Crippen molar-refractivity contribution in [3.63, 3.8) is 0 Å². The second-order valence-corrected chi connectivity index (χ2v) is 5.29. The van der Waals surface area contributed by atoms with Crippen molar-refractivity contribution in [2.75, 3.05) is 31.6 Å². The molecule has 6 heteroatoms. The minimum Gasteiger partial charge on any atom is -0.363 e. The maximum Gasteiger partial charge on any atom is 0.242 e. The van der Waals surface area contributed by atoms with Crippen LogP contribution in [0.5, 0.6) is 0 Å². The molecule has 0 aliphatic heterocycles. The summed E-state index contributed by atoms with van der Waals surface area (Å²) in [4.78, 5) is 15.4. The van der Waals surface area contributed by atoms with Gasteiger partial charge in [0, 0.05) is 26.7 Å². The Bertz CT molecular complexity index is 478. The molecule has 20 heavy (non-hydrogen) atoms. The summed E-state index contributed by atoms with van der Waals surface area (Å²) in [5.41, 5.74) is 6.62. The number of nitrogens with zero attached hydrogens (tertiary/aromatic N) is 2. The molecule has 4 nitrogen and oxygen atoms in total. The van der Waals surface area contributed by atoms with Crippen LogP contribution in [0, 0.1) is 5.82 Å². The highest BCUT2D eigenvalue weighted by atomic mass is 79.9. The number of benzene rings is 1. The fourth-order valence-corrected chi connectivity index (χ4v) is 2.49. The SMILES string of the molecule is CCN(CC)C(=O)CN(C)c1ccc(CN)c(Br)c1F. The molecule has 0 unspecified atom stereocenters. The van der Waals surface area contributed by atoms with Crippen molar-refractivity contribution in [3.05, 3.63) is 28.0 Å². The summed E-state index contributed by atoms with van der Waals surface area (Å²) in [6.07, 6.45) is 0. The molecule has 1 aromatic rings. The number of likely N-dealkylation sites (N-methyl/N-ethyl adjacent to an activating group) is 2. The molecule has 1 rings (SSSR count). The van der Waals surface area contributed by atoms with Crippen LogP contribution in [-0.2, 0) is 11.3 Å². The first kappa shape index (κ1) is 16.9. The fraction of sp³-hybridized carbons (Fsp3) is 0.500. The maximum absolute atomic E-state index is 14.2. The minimum atomic E-state index is -0.386. The third-order valence-corrected chi connectivity index (χ3v) is 4.12. The smallest absolute Gasteiger partial charge is 0.242 e. The van der Waals surface area contributed by atoms with E-state index >= 15 is 0 Å². The molecule has 1 aromatic carbocycles. The van der Waals surface area contributed by atoms with E-state index in [0.717, 1.165) is 0 Å². The topological polar surface area (TPSA) is 49.6 Å². The lowest BCUT2D eigenvalue weighted by Gasteiger charge is -2.25. The zero-order valence-corrected chi connectivity index (χ0v) is 13.7.